The first-order valence-corrected chi connectivity index (χ1v) is 6.55. The highest BCUT2D eigenvalue weighted by atomic mass is 16.5. The Hall–Kier alpha value is -2.31. The van der Waals surface area contributed by atoms with E-state index in [-0.39, 0.29) is 24.9 Å². The van der Waals surface area contributed by atoms with Gasteiger partial charge in [0.05, 0.1) is 20.8 Å². The molecule has 0 bridgehead atoms. The van der Waals surface area contributed by atoms with E-state index < -0.39 is 5.54 Å². The quantitative estimate of drug-likeness (QED) is 0.865. The van der Waals surface area contributed by atoms with Crippen molar-refractivity contribution in [3.8, 4) is 11.5 Å². The lowest BCUT2D eigenvalue weighted by atomic mass is 10.0. The molecule has 21 heavy (non-hydrogen) atoms. The van der Waals surface area contributed by atoms with Crippen LogP contribution in [0.25, 0.3) is 0 Å². The molecule has 1 N–H and O–H groups in total. The Morgan fingerprint density at radius 2 is 2.05 bits per heavy atom. The highest BCUT2D eigenvalue weighted by Gasteiger charge is 2.39. The van der Waals surface area contributed by atoms with Gasteiger partial charge in [0.2, 0.25) is 11.8 Å². The fraction of sp³-hybridized carbons (Fsp3) is 0.500. The number of methoxy groups -OCH3 is 2. The second-order valence-corrected chi connectivity index (χ2v) is 5.33. The minimum atomic E-state index is -0.915. The largest absolute Gasteiger partial charge is 0.493 e. The zero-order valence-corrected chi connectivity index (χ0v) is 12.6. The van der Waals surface area contributed by atoms with Crippen LogP contribution >= 0.6 is 0 Å². The molecule has 1 fully saturated rings. The smallest absolute Gasteiger partial charge is 0.248 e. The Bertz CT molecular complexity index is 571. The molecule has 0 unspecified atom stereocenters. The van der Waals surface area contributed by atoms with Gasteiger partial charge in [-0.25, -0.2) is 0 Å². The number of amides is 2. The minimum Gasteiger partial charge on any atom is -0.493 e. The van der Waals surface area contributed by atoms with Crippen LogP contribution in [0.2, 0.25) is 0 Å². The SMILES string of the molecule is COc1ccnc(CN2CC(=O)NC(C)(C)C2=O)c1OC. The number of rotatable bonds is 4. The topological polar surface area (TPSA) is 80.8 Å². The summed E-state index contributed by atoms with van der Waals surface area (Å²) in [5.74, 6) is 0.655. The third kappa shape index (κ3) is 2.91. The normalized spacial score (nSPS) is 17.4. The van der Waals surface area contributed by atoms with E-state index in [1.165, 1.54) is 19.1 Å². The summed E-state index contributed by atoms with van der Waals surface area (Å²) in [6.07, 6.45) is 1.58. The molecule has 0 aliphatic carbocycles. The summed E-state index contributed by atoms with van der Waals surface area (Å²) in [7, 11) is 3.04. The number of nitrogens with zero attached hydrogens (tertiary/aromatic N) is 2. The third-order valence-corrected chi connectivity index (χ3v) is 3.32. The predicted molar refractivity (Wildman–Crippen MR) is 75.0 cm³/mol. The summed E-state index contributed by atoms with van der Waals surface area (Å²) in [6.45, 7) is 3.55. The van der Waals surface area contributed by atoms with Crippen molar-refractivity contribution < 1.29 is 19.1 Å². The van der Waals surface area contributed by atoms with Gasteiger partial charge >= 0.3 is 0 Å². The van der Waals surface area contributed by atoms with Crippen LogP contribution in [0.3, 0.4) is 0 Å². The number of carbonyl (C=O) groups is 2. The Morgan fingerprint density at radius 3 is 2.67 bits per heavy atom. The molecule has 0 radical (unpaired) electrons. The van der Waals surface area contributed by atoms with Crippen LogP contribution in [0.1, 0.15) is 19.5 Å². The fourth-order valence-electron chi connectivity index (χ4n) is 2.35. The standard InChI is InChI=1S/C14H19N3O4/c1-14(2)13(19)17(8-11(18)16-14)7-9-12(21-4)10(20-3)5-6-15-9/h5-6H,7-8H2,1-4H3,(H,16,18). The fourth-order valence-corrected chi connectivity index (χ4v) is 2.35. The number of aromatic nitrogens is 1. The van der Waals surface area contributed by atoms with Crippen molar-refractivity contribution in [2.45, 2.75) is 25.9 Å². The summed E-state index contributed by atoms with van der Waals surface area (Å²) in [6, 6.07) is 1.68. The van der Waals surface area contributed by atoms with Gasteiger partial charge in [-0.3, -0.25) is 14.6 Å². The minimum absolute atomic E-state index is 0.00427. The van der Waals surface area contributed by atoms with Crippen LogP contribution in [0.15, 0.2) is 12.3 Å². The molecule has 1 aliphatic heterocycles. The van der Waals surface area contributed by atoms with E-state index in [4.69, 9.17) is 9.47 Å². The maximum Gasteiger partial charge on any atom is 0.248 e. The number of ether oxygens (including phenoxy) is 2. The zero-order chi connectivity index (χ0) is 15.6. The summed E-state index contributed by atoms with van der Waals surface area (Å²) >= 11 is 0. The number of nitrogens with one attached hydrogen (secondary N) is 1. The lowest BCUT2D eigenvalue weighted by molar-refractivity contribution is -0.149. The third-order valence-electron chi connectivity index (χ3n) is 3.32. The second-order valence-electron chi connectivity index (χ2n) is 5.33. The molecule has 0 spiro atoms. The molecule has 7 heteroatoms. The van der Waals surface area contributed by atoms with Crippen LogP contribution < -0.4 is 14.8 Å². The lowest BCUT2D eigenvalue weighted by Crippen LogP contribution is -2.63. The van der Waals surface area contributed by atoms with Crippen LogP contribution in [-0.4, -0.2) is 48.0 Å². The van der Waals surface area contributed by atoms with Gasteiger partial charge in [-0.1, -0.05) is 0 Å². The zero-order valence-electron chi connectivity index (χ0n) is 12.6. The number of carbonyl (C=O) groups excluding carboxylic acids is 2. The molecular weight excluding hydrogens is 274 g/mol. The van der Waals surface area contributed by atoms with Gasteiger partial charge < -0.3 is 19.7 Å². The van der Waals surface area contributed by atoms with Crippen LogP contribution in [0, 0.1) is 0 Å². The van der Waals surface area contributed by atoms with Crippen LogP contribution in [0.4, 0.5) is 0 Å². The van der Waals surface area contributed by atoms with Crippen LogP contribution in [0.5, 0.6) is 11.5 Å². The molecule has 1 aromatic heterocycles. The molecule has 0 saturated carbocycles. The maximum absolute atomic E-state index is 12.4. The van der Waals surface area contributed by atoms with Crippen molar-refractivity contribution >= 4 is 11.8 Å². The van der Waals surface area contributed by atoms with E-state index in [2.05, 4.69) is 10.3 Å². The average Bonchev–Trinajstić information content (AvgIpc) is 2.43. The van der Waals surface area contributed by atoms with Gasteiger partial charge in [0.15, 0.2) is 11.5 Å². The van der Waals surface area contributed by atoms with E-state index in [0.29, 0.717) is 17.2 Å². The summed E-state index contributed by atoms with van der Waals surface area (Å²) in [4.78, 5) is 29.8. The van der Waals surface area contributed by atoms with Crippen molar-refractivity contribution in [3.63, 3.8) is 0 Å². The first-order chi connectivity index (χ1) is 9.89. The van der Waals surface area contributed by atoms with Crippen molar-refractivity contribution in [2.75, 3.05) is 20.8 Å². The number of piperazine rings is 1. The van der Waals surface area contributed by atoms with E-state index in [1.807, 2.05) is 0 Å². The van der Waals surface area contributed by atoms with Crippen molar-refractivity contribution in [3.05, 3.63) is 18.0 Å². The monoisotopic (exact) mass is 293 g/mol. The Labute approximate surface area is 123 Å². The van der Waals surface area contributed by atoms with Gasteiger partial charge in [-0.05, 0) is 13.8 Å². The van der Waals surface area contributed by atoms with E-state index in [0.717, 1.165) is 0 Å². The highest BCUT2D eigenvalue weighted by Crippen LogP contribution is 2.30. The molecule has 1 saturated heterocycles. The molecule has 2 rings (SSSR count). The molecule has 0 aromatic carbocycles. The lowest BCUT2D eigenvalue weighted by Gasteiger charge is -2.37. The van der Waals surface area contributed by atoms with Gasteiger partial charge in [-0.2, -0.15) is 0 Å². The molecular formula is C14H19N3O4. The highest BCUT2D eigenvalue weighted by molar-refractivity contribution is 5.97. The van der Waals surface area contributed by atoms with E-state index in [1.54, 1.807) is 26.1 Å². The summed E-state index contributed by atoms with van der Waals surface area (Å²) in [5.41, 5.74) is -0.364. The summed E-state index contributed by atoms with van der Waals surface area (Å²) in [5, 5.41) is 2.67. The molecule has 7 nitrogen and oxygen atoms in total. The van der Waals surface area contributed by atoms with Gasteiger partial charge in [0.25, 0.3) is 0 Å². The Morgan fingerprint density at radius 1 is 1.33 bits per heavy atom. The first-order valence-electron chi connectivity index (χ1n) is 6.55. The van der Waals surface area contributed by atoms with Gasteiger partial charge in [-0.15, -0.1) is 0 Å². The van der Waals surface area contributed by atoms with E-state index in [9.17, 15) is 9.59 Å². The van der Waals surface area contributed by atoms with Crippen molar-refractivity contribution in [1.82, 2.24) is 15.2 Å². The molecule has 114 valence electrons. The summed E-state index contributed by atoms with van der Waals surface area (Å²) < 4.78 is 10.5. The van der Waals surface area contributed by atoms with Gasteiger partial charge in [0.1, 0.15) is 17.8 Å². The predicted octanol–water partition coefficient (Wildman–Crippen LogP) is 0.336. The average molecular weight is 293 g/mol. The Balaban J connectivity index is 2.29. The van der Waals surface area contributed by atoms with Gasteiger partial charge in [0, 0.05) is 12.3 Å². The van der Waals surface area contributed by atoms with E-state index >= 15 is 0 Å². The molecule has 1 aromatic rings. The molecule has 2 heterocycles. The second kappa shape index (κ2) is 5.59. The molecule has 0 atom stereocenters. The van der Waals surface area contributed by atoms with Crippen molar-refractivity contribution in [2.24, 2.45) is 0 Å². The molecule has 2 amide bonds. The van der Waals surface area contributed by atoms with Crippen LogP contribution in [-0.2, 0) is 16.1 Å². The number of hydrogen-bond donors (Lipinski definition) is 1. The Kier molecular flexibility index (Phi) is 4.02. The number of pyridine rings is 1. The number of hydrogen-bond acceptors (Lipinski definition) is 5. The molecule has 1 aliphatic rings. The maximum atomic E-state index is 12.4. The van der Waals surface area contributed by atoms with Crippen molar-refractivity contribution in [1.29, 1.82) is 0 Å². The first kappa shape index (κ1) is 15.1.